The van der Waals surface area contributed by atoms with E-state index < -0.39 is 20.6 Å². The quantitative estimate of drug-likeness (QED) is 0.491. The molecule has 0 aliphatic heterocycles. The molecule has 0 aliphatic carbocycles. The predicted octanol–water partition coefficient (Wildman–Crippen LogP) is 1.99. The van der Waals surface area contributed by atoms with E-state index in [1.807, 2.05) is 6.92 Å². The van der Waals surface area contributed by atoms with E-state index in [9.17, 15) is 18.5 Å². The van der Waals surface area contributed by atoms with Gasteiger partial charge in [0.25, 0.3) is 5.69 Å². The first-order chi connectivity index (χ1) is 9.25. The molecule has 112 valence electrons. The topological polar surface area (TPSA) is 107 Å². The molecule has 1 aromatic carbocycles. The Morgan fingerprint density at radius 2 is 2.00 bits per heavy atom. The van der Waals surface area contributed by atoms with E-state index in [4.69, 9.17) is 5.73 Å². The number of hydrogen-bond acceptors (Lipinski definition) is 5. The Kier molecular flexibility index (Phi) is 5.07. The number of benzene rings is 1. The Balaban J connectivity index is 3.35. The maximum atomic E-state index is 12.5. The van der Waals surface area contributed by atoms with Gasteiger partial charge >= 0.3 is 0 Å². The van der Waals surface area contributed by atoms with Crippen molar-refractivity contribution in [3.05, 3.63) is 28.3 Å². The van der Waals surface area contributed by atoms with Crippen molar-refractivity contribution < 1.29 is 13.3 Å². The minimum Gasteiger partial charge on any atom is -0.393 e. The van der Waals surface area contributed by atoms with Crippen molar-refractivity contribution in [2.75, 3.05) is 12.3 Å². The zero-order valence-corrected chi connectivity index (χ0v) is 12.6. The summed E-state index contributed by atoms with van der Waals surface area (Å²) in [5.74, 6) is 0. The Hall–Kier alpha value is -1.67. The SMILES string of the molecule is CCC(C)N(CC)S(=O)(=O)c1ccc(N)c([N+](=O)[O-])c1. The van der Waals surface area contributed by atoms with Crippen LogP contribution in [0.25, 0.3) is 0 Å². The molecule has 1 rings (SSSR count). The highest BCUT2D eigenvalue weighted by Crippen LogP contribution is 2.27. The summed E-state index contributed by atoms with van der Waals surface area (Å²) < 4.78 is 26.3. The minimum absolute atomic E-state index is 0.0551. The second kappa shape index (κ2) is 6.19. The highest BCUT2D eigenvalue weighted by molar-refractivity contribution is 7.89. The van der Waals surface area contributed by atoms with Crippen LogP contribution >= 0.6 is 0 Å². The molecule has 7 nitrogen and oxygen atoms in total. The molecule has 0 amide bonds. The number of hydrogen-bond donors (Lipinski definition) is 1. The number of nitrogens with zero attached hydrogens (tertiary/aromatic N) is 2. The molecule has 0 bridgehead atoms. The Morgan fingerprint density at radius 1 is 1.40 bits per heavy atom. The van der Waals surface area contributed by atoms with Gasteiger partial charge in [-0.05, 0) is 25.5 Å². The van der Waals surface area contributed by atoms with Gasteiger partial charge in [0.1, 0.15) is 5.69 Å². The molecule has 1 atom stereocenters. The van der Waals surface area contributed by atoms with Crippen LogP contribution in [0.15, 0.2) is 23.1 Å². The maximum Gasteiger partial charge on any atom is 0.293 e. The van der Waals surface area contributed by atoms with Gasteiger partial charge in [-0.15, -0.1) is 0 Å². The Labute approximate surface area is 118 Å². The number of nitro benzene ring substituents is 1. The van der Waals surface area contributed by atoms with Crippen molar-refractivity contribution in [2.24, 2.45) is 0 Å². The Bertz CT molecular complexity index is 601. The molecule has 20 heavy (non-hydrogen) atoms. The van der Waals surface area contributed by atoms with Gasteiger partial charge in [-0.3, -0.25) is 10.1 Å². The van der Waals surface area contributed by atoms with Crippen molar-refractivity contribution in [1.82, 2.24) is 4.31 Å². The van der Waals surface area contributed by atoms with Gasteiger partial charge in [0.15, 0.2) is 0 Å². The third-order valence-corrected chi connectivity index (χ3v) is 5.28. The van der Waals surface area contributed by atoms with Crippen molar-refractivity contribution in [1.29, 1.82) is 0 Å². The van der Waals surface area contributed by atoms with Gasteiger partial charge in [-0.1, -0.05) is 13.8 Å². The smallest absolute Gasteiger partial charge is 0.293 e. The molecule has 0 saturated carbocycles. The van der Waals surface area contributed by atoms with Crippen molar-refractivity contribution in [3.8, 4) is 0 Å². The third-order valence-electron chi connectivity index (χ3n) is 3.20. The molecule has 0 aliphatic rings. The highest BCUT2D eigenvalue weighted by atomic mass is 32.2. The minimum atomic E-state index is -3.76. The molecule has 0 aromatic heterocycles. The summed E-state index contributed by atoms with van der Waals surface area (Å²) in [5.41, 5.74) is 5.03. The second-order valence-electron chi connectivity index (χ2n) is 4.44. The van der Waals surface area contributed by atoms with E-state index in [0.717, 1.165) is 6.07 Å². The highest BCUT2D eigenvalue weighted by Gasteiger charge is 2.28. The molecule has 8 heteroatoms. The summed E-state index contributed by atoms with van der Waals surface area (Å²) in [5, 5.41) is 10.8. The van der Waals surface area contributed by atoms with Crippen LogP contribution in [0.5, 0.6) is 0 Å². The van der Waals surface area contributed by atoms with Crippen LogP contribution in [-0.2, 0) is 10.0 Å². The van der Waals surface area contributed by atoms with Crippen LogP contribution in [0.3, 0.4) is 0 Å². The summed E-state index contributed by atoms with van der Waals surface area (Å²) >= 11 is 0. The lowest BCUT2D eigenvalue weighted by Gasteiger charge is -2.26. The summed E-state index contributed by atoms with van der Waals surface area (Å²) in [6.07, 6.45) is 0.657. The lowest BCUT2D eigenvalue weighted by atomic mass is 10.3. The van der Waals surface area contributed by atoms with Crippen LogP contribution in [0.4, 0.5) is 11.4 Å². The standard InChI is InChI=1S/C12H19N3O4S/c1-4-9(3)14(5-2)20(18,19)10-6-7-11(13)12(8-10)15(16)17/h6-9H,4-5,13H2,1-3H3. The van der Waals surface area contributed by atoms with E-state index in [2.05, 4.69) is 0 Å². The van der Waals surface area contributed by atoms with E-state index >= 15 is 0 Å². The summed E-state index contributed by atoms with van der Waals surface area (Å²) in [7, 11) is -3.76. The van der Waals surface area contributed by atoms with E-state index in [1.54, 1.807) is 13.8 Å². The summed E-state index contributed by atoms with van der Waals surface area (Å²) in [4.78, 5) is 10.1. The predicted molar refractivity (Wildman–Crippen MR) is 76.8 cm³/mol. The molecule has 0 heterocycles. The average molecular weight is 301 g/mol. The Morgan fingerprint density at radius 3 is 2.45 bits per heavy atom. The average Bonchev–Trinajstić information content (AvgIpc) is 2.38. The normalized spacial score (nSPS) is 13.4. The zero-order valence-electron chi connectivity index (χ0n) is 11.7. The molecular weight excluding hydrogens is 282 g/mol. The lowest BCUT2D eigenvalue weighted by Crippen LogP contribution is -2.38. The summed E-state index contributed by atoms with van der Waals surface area (Å²) in [6, 6.07) is 3.37. The van der Waals surface area contributed by atoms with Gasteiger partial charge in [0.2, 0.25) is 10.0 Å². The number of nitrogen functional groups attached to an aromatic ring is 1. The van der Waals surface area contributed by atoms with E-state index in [0.29, 0.717) is 13.0 Å². The van der Waals surface area contributed by atoms with E-state index in [-0.39, 0.29) is 16.6 Å². The fourth-order valence-electron chi connectivity index (χ4n) is 1.90. The van der Waals surface area contributed by atoms with Crippen LogP contribution in [0, 0.1) is 10.1 Å². The third kappa shape index (κ3) is 3.07. The fourth-order valence-corrected chi connectivity index (χ4v) is 3.63. The van der Waals surface area contributed by atoms with Crippen LogP contribution in [0.1, 0.15) is 27.2 Å². The van der Waals surface area contributed by atoms with Gasteiger partial charge in [0, 0.05) is 18.7 Å². The molecule has 1 aromatic rings. The second-order valence-corrected chi connectivity index (χ2v) is 6.33. The van der Waals surface area contributed by atoms with E-state index in [1.165, 1.54) is 16.4 Å². The lowest BCUT2D eigenvalue weighted by molar-refractivity contribution is -0.384. The van der Waals surface area contributed by atoms with Gasteiger partial charge in [-0.2, -0.15) is 4.31 Å². The first-order valence-electron chi connectivity index (χ1n) is 6.31. The van der Waals surface area contributed by atoms with Crippen LogP contribution in [0.2, 0.25) is 0 Å². The summed E-state index contributed by atoms with van der Waals surface area (Å²) in [6.45, 7) is 5.71. The molecular formula is C12H19N3O4S. The van der Waals surface area contributed by atoms with Gasteiger partial charge in [-0.25, -0.2) is 8.42 Å². The molecule has 2 N–H and O–H groups in total. The molecule has 0 spiro atoms. The van der Waals surface area contributed by atoms with Crippen molar-refractivity contribution >= 4 is 21.4 Å². The van der Waals surface area contributed by atoms with Crippen molar-refractivity contribution in [3.63, 3.8) is 0 Å². The van der Waals surface area contributed by atoms with Crippen LogP contribution in [-0.4, -0.2) is 30.2 Å². The molecule has 0 fully saturated rings. The number of anilines is 1. The first kappa shape index (κ1) is 16.4. The fraction of sp³-hybridized carbons (Fsp3) is 0.500. The molecule has 1 unspecified atom stereocenters. The monoisotopic (exact) mass is 301 g/mol. The number of rotatable bonds is 6. The molecule has 0 radical (unpaired) electrons. The van der Waals surface area contributed by atoms with Crippen molar-refractivity contribution in [2.45, 2.75) is 38.1 Å². The molecule has 0 saturated heterocycles. The maximum absolute atomic E-state index is 12.5. The van der Waals surface area contributed by atoms with Gasteiger partial charge < -0.3 is 5.73 Å². The first-order valence-corrected chi connectivity index (χ1v) is 7.75. The van der Waals surface area contributed by atoms with Crippen LogP contribution < -0.4 is 5.73 Å². The number of sulfonamides is 1. The van der Waals surface area contributed by atoms with Gasteiger partial charge in [0.05, 0.1) is 9.82 Å². The number of nitro groups is 1. The largest absolute Gasteiger partial charge is 0.393 e. The zero-order chi connectivity index (χ0) is 15.5. The number of nitrogens with two attached hydrogens (primary N) is 1.